The van der Waals surface area contributed by atoms with Gasteiger partial charge in [-0.15, -0.1) is 0 Å². The van der Waals surface area contributed by atoms with Crippen molar-refractivity contribution in [3.63, 3.8) is 0 Å². The monoisotopic (exact) mass is 317 g/mol. The molecule has 3 rings (SSSR count). The van der Waals surface area contributed by atoms with Gasteiger partial charge in [0.1, 0.15) is 17.5 Å². The van der Waals surface area contributed by atoms with E-state index in [1.807, 2.05) is 0 Å². The molecule has 0 saturated heterocycles. The Balaban J connectivity index is 2.02. The molecule has 0 bridgehead atoms. The predicted molar refractivity (Wildman–Crippen MR) is 75.7 cm³/mol. The molecular formula is C17H10F3NO2. The summed E-state index contributed by atoms with van der Waals surface area (Å²) in [5.74, 6) is -3.92. The number of hydrogen-bond donors (Lipinski definition) is 0. The Morgan fingerprint density at radius 3 is 2.17 bits per heavy atom. The molecule has 0 atom stereocenters. The smallest absolute Gasteiger partial charge is 0.193 e. The van der Waals surface area contributed by atoms with Crippen molar-refractivity contribution in [3.05, 3.63) is 75.9 Å². The maximum Gasteiger partial charge on any atom is 0.193 e. The first kappa shape index (κ1) is 15.1. The number of hydrogen-bond acceptors (Lipinski definition) is 3. The molecule has 2 aromatic rings. The Kier molecular flexibility index (Phi) is 3.60. The molecule has 1 aromatic heterocycles. The number of aryl methyl sites for hydroxylation is 1. The van der Waals surface area contributed by atoms with E-state index in [1.54, 1.807) is 0 Å². The lowest BCUT2D eigenvalue weighted by molar-refractivity contribution is 0.0975. The van der Waals surface area contributed by atoms with Crippen LogP contribution in [0.5, 0.6) is 0 Å². The number of fused-ring (bicyclic) bond motifs is 1. The van der Waals surface area contributed by atoms with Crippen molar-refractivity contribution in [2.24, 2.45) is 0 Å². The fourth-order valence-electron chi connectivity index (χ4n) is 2.49. The van der Waals surface area contributed by atoms with Crippen LogP contribution in [0.25, 0.3) is 0 Å². The molecule has 116 valence electrons. The molecule has 0 radical (unpaired) electrons. The van der Waals surface area contributed by atoms with Gasteiger partial charge >= 0.3 is 0 Å². The summed E-state index contributed by atoms with van der Waals surface area (Å²) in [5, 5.41) is 0. The minimum Gasteiger partial charge on any atom is -0.289 e. The van der Waals surface area contributed by atoms with Gasteiger partial charge in [0.25, 0.3) is 0 Å². The fraction of sp³-hybridized carbons (Fsp3) is 0.118. The molecule has 1 aromatic carbocycles. The molecule has 0 fully saturated rings. The van der Waals surface area contributed by atoms with Gasteiger partial charge in [-0.1, -0.05) is 0 Å². The predicted octanol–water partition coefficient (Wildman–Crippen LogP) is 3.36. The van der Waals surface area contributed by atoms with Crippen molar-refractivity contribution < 1.29 is 22.8 Å². The average Bonchev–Trinajstić information content (AvgIpc) is 2.50. The summed E-state index contributed by atoms with van der Waals surface area (Å²) in [5.41, 5.74) is -0.620. The second-order valence-electron chi connectivity index (χ2n) is 5.19. The van der Waals surface area contributed by atoms with Crippen LogP contribution in [-0.2, 0) is 6.42 Å². The summed E-state index contributed by atoms with van der Waals surface area (Å²) in [6, 6.07) is 4.19. The molecule has 1 aliphatic rings. The summed E-state index contributed by atoms with van der Waals surface area (Å²) in [7, 11) is 0. The third-order valence-corrected chi connectivity index (χ3v) is 3.62. The number of Topliss-reactive ketones (excluding diaryl/α,β-unsaturated/α-hetero) is 1. The number of halogens is 3. The number of aromatic nitrogens is 1. The number of benzene rings is 1. The number of ketones is 2. The van der Waals surface area contributed by atoms with Crippen molar-refractivity contribution in [2.75, 3.05) is 0 Å². The second kappa shape index (κ2) is 5.46. The van der Waals surface area contributed by atoms with Crippen LogP contribution < -0.4 is 0 Å². The first-order valence-electron chi connectivity index (χ1n) is 6.78. The number of carbonyl (C=O) groups excluding carboxylic acids is 2. The molecular weight excluding hydrogens is 307 g/mol. The van der Waals surface area contributed by atoms with Crippen LogP contribution in [-0.4, -0.2) is 16.6 Å². The van der Waals surface area contributed by atoms with Crippen LogP contribution in [0.4, 0.5) is 13.2 Å². The SMILES string of the molecule is Cc1nc(CC2=CC(=O)c3c(F)ccc(F)c3C2=O)ccc1F. The van der Waals surface area contributed by atoms with Crippen molar-refractivity contribution >= 4 is 11.6 Å². The summed E-state index contributed by atoms with van der Waals surface area (Å²) >= 11 is 0. The van der Waals surface area contributed by atoms with Gasteiger partial charge in [-0.2, -0.15) is 0 Å². The van der Waals surface area contributed by atoms with E-state index >= 15 is 0 Å². The van der Waals surface area contributed by atoms with Crippen LogP contribution in [0.2, 0.25) is 0 Å². The van der Waals surface area contributed by atoms with Gasteiger partial charge in [-0.3, -0.25) is 14.6 Å². The highest BCUT2D eigenvalue weighted by atomic mass is 19.1. The summed E-state index contributed by atoms with van der Waals surface area (Å²) < 4.78 is 40.8. The molecule has 0 N–H and O–H groups in total. The molecule has 1 aliphatic carbocycles. The molecule has 0 aliphatic heterocycles. The lowest BCUT2D eigenvalue weighted by atomic mass is 9.87. The lowest BCUT2D eigenvalue weighted by Gasteiger charge is -2.16. The van der Waals surface area contributed by atoms with Gasteiger partial charge in [-0.05, 0) is 37.3 Å². The van der Waals surface area contributed by atoms with Gasteiger partial charge in [0.05, 0.1) is 16.8 Å². The fourth-order valence-corrected chi connectivity index (χ4v) is 2.49. The Labute approximate surface area is 129 Å². The second-order valence-corrected chi connectivity index (χ2v) is 5.19. The van der Waals surface area contributed by atoms with E-state index in [-0.39, 0.29) is 17.7 Å². The molecule has 0 amide bonds. The van der Waals surface area contributed by atoms with Crippen molar-refractivity contribution in [2.45, 2.75) is 13.3 Å². The minimum absolute atomic E-state index is 0.00879. The van der Waals surface area contributed by atoms with E-state index in [0.29, 0.717) is 5.69 Å². The average molecular weight is 317 g/mol. The van der Waals surface area contributed by atoms with Crippen LogP contribution in [0.3, 0.4) is 0 Å². The maximum absolute atomic E-state index is 13.9. The number of rotatable bonds is 2. The van der Waals surface area contributed by atoms with Crippen LogP contribution in [0, 0.1) is 24.4 Å². The molecule has 6 heteroatoms. The van der Waals surface area contributed by atoms with Gasteiger partial charge in [-0.25, -0.2) is 13.2 Å². The Hall–Kier alpha value is -2.76. The van der Waals surface area contributed by atoms with Gasteiger partial charge < -0.3 is 0 Å². The highest BCUT2D eigenvalue weighted by Gasteiger charge is 2.31. The van der Waals surface area contributed by atoms with Gasteiger partial charge in [0.2, 0.25) is 0 Å². The lowest BCUT2D eigenvalue weighted by Crippen LogP contribution is -2.21. The summed E-state index contributed by atoms with van der Waals surface area (Å²) in [4.78, 5) is 28.3. The third-order valence-electron chi connectivity index (χ3n) is 3.62. The van der Waals surface area contributed by atoms with Gasteiger partial charge in [0, 0.05) is 17.7 Å². The molecule has 23 heavy (non-hydrogen) atoms. The Bertz CT molecular complexity index is 888. The first-order chi connectivity index (χ1) is 10.9. The van der Waals surface area contributed by atoms with Crippen molar-refractivity contribution in [1.82, 2.24) is 4.98 Å². The molecule has 0 unspecified atom stereocenters. The molecule has 0 spiro atoms. The highest BCUT2D eigenvalue weighted by molar-refractivity contribution is 6.24. The molecule has 1 heterocycles. The maximum atomic E-state index is 13.9. The van der Waals surface area contributed by atoms with Gasteiger partial charge in [0.15, 0.2) is 11.6 Å². The van der Waals surface area contributed by atoms with Crippen LogP contribution in [0.15, 0.2) is 35.9 Å². The quantitative estimate of drug-likeness (QED) is 0.853. The summed E-state index contributed by atoms with van der Waals surface area (Å²) in [6.45, 7) is 1.46. The van der Waals surface area contributed by atoms with Crippen molar-refractivity contribution in [1.29, 1.82) is 0 Å². The summed E-state index contributed by atoms with van der Waals surface area (Å²) in [6.07, 6.45) is 0.911. The minimum atomic E-state index is -0.950. The van der Waals surface area contributed by atoms with Crippen LogP contribution in [0.1, 0.15) is 32.1 Å². The number of allylic oxidation sites excluding steroid dienone is 2. The standard InChI is InChI=1S/C17H10F3NO2/c1-8-11(18)3-2-10(21-8)6-9-7-14(22)15-12(19)4-5-13(20)16(15)17(9)23/h2-5,7H,6H2,1H3. The van der Waals surface area contributed by atoms with E-state index < -0.39 is 40.1 Å². The van der Waals surface area contributed by atoms with E-state index in [9.17, 15) is 22.8 Å². The first-order valence-corrected chi connectivity index (χ1v) is 6.78. The van der Waals surface area contributed by atoms with Crippen molar-refractivity contribution in [3.8, 4) is 0 Å². The molecule has 3 nitrogen and oxygen atoms in total. The molecule has 0 saturated carbocycles. The number of pyridine rings is 1. The van der Waals surface area contributed by atoms with Crippen LogP contribution >= 0.6 is 0 Å². The zero-order chi connectivity index (χ0) is 16.7. The van der Waals surface area contributed by atoms with E-state index in [0.717, 1.165) is 18.2 Å². The Morgan fingerprint density at radius 1 is 0.913 bits per heavy atom. The Morgan fingerprint density at radius 2 is 1.52 bits per heavy atom. The van der Waals surface area contributed by atoms with E-state index in [4.69, 9.17) is 0 Å². The number of carbonyl (C=O) groups is 2. The zero-order valence-electron chi connectivity index (χ0n) is 12.0. The topological polar surface area (TPSA) is 47.0 Å². The zero-order valence-corrected chi connectivity index (χ0v) is 12.0. The largest absolute Gasteiger partial charge is 0.289 e. The highest BCUT2D eigenvalue weighted by Crippen LogP contribution is 2.27. The third kappa shape index (κ3) is 2.56. The van der Waals surface area contributed by atoms with E-state index in [2.05, 4.69) is 4.98 Å². The number of nitrogens with zero attached hydrogens (tertiary/aromatic N) is 1. The van der Waals surface area contributed by atoms with E-state index in [1.165, 1.54) is 19.1 Å². The normalized spacial score (nSPS) is 13.8.